The van der Waals surface area contributed by atoms with Crippen molar-refractivity contribution in [3.63, 3.8) is 0 Å². The lowest BCUT2D eigenvalue weighted by atomic mass is 10.00. The Morgan fingerprint density at radius 3 is 2.62 bits per heavy atom. The first-order chi connectivity index (χ1) is 9.99. The molecular formula is C18H23NO2. The molecule has 1 atom stereocenters. The quantitative estimate of drug-likeness (QED) is 0.907. The fraction of sp³-hybridized carbons (Fsp3) is 0.389. The first kappa shape index (κ1) is 15.4. The van der Waals surface area contributed by atoms with Gasteiger partial charge in [-0.05, 0) is 50.5 Å². The molecule has 0 saturated carbocycles. The van der Waals surface area contributed by atoms with Crippen LogP contribution in [0.4, 0.5) is 0 Å². The molecule has 21 heavy (non-hydrogen) atoms. The van der Waals surface area contributed by atoms with Gasteiger partial charge in [-0.15, -0.1) is 0 Å². The number of rotatable bonds is 5. The van der Waals surface area contributed by atoms with Crippen molar-refractivity contribution in [2.45, 2.75) is 46.6 Å². The van der Waals surface area contributed by atoms with Crippen molar-refractivity contribution >= 4 is 5.91 Å². The Kier molecular flexibility index (Phi) is 4.84. The molecule has 0 aliphatic rings. The Balaban J connectivity index is 1.97. The maximum Gasteiger partial charge on any atom is 0.287 e. The number of carbonyl (C=O) groups is 1. The summed E-state index contributed by atoms with van der Waals surface area (Å²) in [5.74, 6) is 1.08. The van der Waals surface area contributed by atoms with Crippen LogP contribution in [0, 0.1) is 13.8 Å². The summed E-state index contributed by atoms with van der Waals surface area (Å²) in [5.41, 5.74) is 3.79. The number of nitrogens with one attached hydrogen (secondary N) is 1. The van der Waals surface area contributed by atoms with Crippen molar-refractivity contribution in [1.82, 2.24) is 5.32 Å². The summed E-state index contributed by atoms with van der Waals surface area (Å²) in [6.07, 6.45) is 1.62. The van der Waals surface area contributed by atoms with Gasteiger partial charge in [0.25, 0.3) is 5.91 Å². The Bertz CT molecular complexity index is 628. The van der Waals surface area contributed by atoms with E-state index in [-0.39, 0.29) is 11.9 Å². The van der Waals surface area contributed by atoms with E-state index in [0.29, 0.717) is 5.76 Å². The van der Waals surface area contributed by atoms with E-state index < -0.39 is 0 Å². The lowest BCUT2D eigenvalue weighted by Crippen LogP contribution is -2.34. The van der Waals surface area contributed by atoms with Gasteiger partial charge in [0, 0.05) is 12.5 Å². The predicted octanol–water partition coefficient (Wildman–Crippen LogP) is 3.82. The summed E-state index contributed by atoms with van der Waals surface area (Å²) in [6.45, 7) is 8.21. The number of furan rings is 1. The van der Waals surface area contributed by atoms with E-state index in [1.807, 2.05) is 19.9 Å². The van der Waals surface area contributed by atoms with E-state index in [0.717, 1.165) is 18.6 Å². The van der Waals surface area contributed by atoms with Crippen LogP contribution in [0.25, 0.3) is 0 Å². The maximum absolute atomic E-state index is 12.1. The number of amides is 1. The van der Waals surface area contributed by atoms with Gasteiger partial charge in [0.15, 0.2) is 5.76 Å². The third-order valence-corrected chi connectivity index (χ3v) is 3.64. The Hall–Kier alpha value is -2.03. The third kappa shape index (κ3) is 3.97. The van der Waals surface area contributed by atoms with Gasteiger partial charge in [-0.1, -0.05) is 30.7 Å². The molecule has 2 aromatic rings. The highest BCUT2D eigenvalue weighted by atomic mass is 16.3. The average molecular weight is 285 g/mol. The first-order valence-electron chi connectivity index (χ1n) is 7.45. The van der Waals surface area contributed by atoms with Gasteiger partial charge in [0.1, 0.15) is 5.76 Å². The lowest BCUT2D eigenvalue weighted by Gasteiger charge is -2.15. The van der Waals surface area contributed by atoms with Gasteiger partial charge in [0.2, 0.25) is 0 Å². The van der Waals surface area contributed by atoms with E-state index in [4.69, 9.17) is 4.42 Å². The molecule has 0 saturated heterocycles. The SMILES string of the molecule is CCc1ccc(C(=O)NC(C)Cc2ccc(C)cc2C)o1. The van der Waals surface area contributed by atoms with Crippen molar-refractivity contribution in [2.24, 2.45) is 0 Å². The van der Waals surface area contributed by atoms with Crippen molar-refractivity contribution < 1.29 is 9.21 Å². The van der Waals surface area contributed by atoms with Gasteiger partial charge in [-0.25, -0.2) is 0 Å². The van der Waals surface area contributed by atoms with Gasteiger partial charge in [-0.2, -0.15) is 0 Å². The molecular weight excluding hydrogens is 262 g/mol. The minimum atomic E-state index is -0.146. The number of hydrogen-bond donors (Lipinski definition) is 1. The molecule has 1 N–H and O–H groups in total. The van der Waals surface area contributed by atoms with Crippen LogP contribution >= 0.6 is 0 Å². The van der Waals surface area contributed by atoms with E-state index in [2.05, 4.69) is 37.4 Å². The smallest absolute Gasteiger partial charge is 0.287 e. The molecule has 0 spiro atoms. The van der Waals surface area contributed by atoms with Crippen molar-refractivity contribution in [2.75, 3.05) is 0 Å². The number of benzene rings is 1. The topological polar surface area (TPSA) is 42.2 Å². The average Bonchev–Trinajstić information content (AvgIpc) is 2.91. The van der Waals surface area contributed by atoms with Crippen molar-refractivity contribution in [1.29, 1.82) is 0 Å². The summed E-state index contributed by atoms with van der Waals surface area (Å²) in [5, 5.41) is 2.99. The standard InChI is InChI=1S/C18H23NO2/c1-5-16-8-9-17(21-16)18(20)19-14(4)11-15-7-6-12(2)10-13(15)3/h6-10,14H,5,11H2,1-4H3,(H,19,20). The highest BCUT2D eigenvalue weighted by Gasteiger charge is 2.14. The second kappa shape index (κ2) is 6.61. The van der Waals surface area contributed by atoms with Crippen molar-refractivity contribution in [3.05, 3.63) is 58.5 Å². The Morgan fingerprint density at radius 1 is 1.24 bits per heavy atom. The Morgan fingerprint density at radius 2 is 2.00 bits per heavy atom. The third-order valence-electron chi connectivity index (χ3n) is 3.64. The van der Waals surface area contributed by atoms with Crippen LogP contribution < -0.4 is 5.32 Å². The maximum atomic E-state index is 12.1. The molecule has 2 rings (SSSR count). The van der Waals surface area contributed by atoms with Crippen LogP contribution in [0.1, 0.15) is 46.9 Å². The molecule has 0 aliphatic heterocycles. The van der Waals surface area contributed by atoms with Crippen LogP contribution in [0.5, 0.6) is 0 Å². The first-order valence-corrected chi connectivity index (χ1v) is 7.45. The summed E-state index contributed by atoms with van der Waals surface area (Å²) < 4.78 is 5.47. The molecule has 112 valence electrons. The molecule has 3 heteroatoms. The van der Waals surface area contributed by atoms with Crippen LogP contribution in [0.15, 0.2) is 34.7 Å². The molecule has 1 heterocycles. The zero-order chi connectivity index (χ0) is 15.4. The van der Waals surface area contributed by atoms with Gasteiger partial charge in [-0.3, -0.25) is 4.79 Å². The van der Waals surface area contributed by atoms with Crippen molar-refractivity contribution in [3.8, 4) is 0 Å². The number of aryl methyl sites for hydroxylation is 3. The molecule has 0 bridgehead atoms. The van der Waals surface area contributed by atoms with Crippen LogP contribution in [0.2, 0.25) is 0 Å². The number of hydrogen-bond acceptors (Lipinski definition) is 2. The van der Waals surface area contributed by atoms with Crippen LogP contribution in [0.3, 0.4) is 0 Å². The molecule has 1 amide bonds. The van der Waals surface area contributed by atoms with E-state index in [1.165, 1.54) is 16.7 Å². The fourth-order valence-electron chi connectivity index (χ4n) is 2.44. The fourth-order valence-corrected chi connectivity index (χ4v) is 2.44. The summed E-state index contributed by atoms with van der Waals surface area (Å²) in [6, 6.07) is 10.1. The van der Waals surface area contributed by atoms with E-state index in [9.17, 15) is 4.79 Å². The van der Waals surface area contributed by atoms with E-state index >= 15 is 0 Å². The normalized spacial score (nSPS) is 12.2. The highest BCUT2D eigenvalue weighted by molar-refractivity contribution is 5.91. The molecule has 1 unspecified atom stereocenters. The summed E-state index contributed by atoms with van der Waals surface area (Å²) in [4.78, 5) is 12.1. The van der Waals surface area contributed by atoms with Gasteiger partial charge >= 0.3 is 0 Å². The van der Waals surface area contributed by atoms with E-state index in [1.54, 1.807) is 6.07 Å². The predicted molar refractivity (Wildman–Crippen MR) is 84.6 cm³/mol. The number of carbonyl (C=O) groups excluding carboxylic acids is 1. The van der Waals surface area contributed by atoms with Crippen LogP contribution in [-0.2, 0) is 12.8 Å². The zero-order valence-electron chi connectivity index (χ0n) is 13.2. The second-order valence-electron chi connectivity index (χ2n) is 5.63. The highest BCUT2D eigenvalue weighted by Crippen LogP contribution is 2.13. The summed E-state index contributed by atoms with van der Waals surface area (Å²) in [7, 11) is 0. The minimum absolute atomic E-state index is 0.0640. The minimum Gasteiger partial charge on any atom is -0.456 e. The van der Waals surface area contributed by atoms with Gasteiger partial charge in [0.05, 0.1) is 0 Å². The van der Waals surface area contributed by atoms with Crippen LogP contribution in [-0.4, -0.2) is 11.9 Å². The monoisotopic (exact) mass is 285 g/mol. The van der Waals surface area contributed by atoms with Gasteiger partial charge < -0.3 is 9.73 Å². The zero-order valence-corrected chi connectivity index (χ0v) is 13.2. The molecule has 3 nitrogen and oxygen atoms in total. The molecule has 1 aromatic heterocycles. The lowest BCUT2D eigenvalue weighted by molar-refractivity contribution is 0.0910. The second-order valence-corrected chi connectivity index (χ2v) is 5.63. The molecule has 1 aromatic carbocycles. The Labute approximate surface area is 126 Å². The molecule has 0 fully saturated rings. The largest absolute Gasteiger partial charge is 0.456 e. The molecule has 0 radical (unpaired) electrons. The molecule has 0 aliphatic carbocycles. The summed E-state index contributed by atoms with van der Waals surface area (Å²) >= 11 is 0.